The number of allylic oxidation sites excluding steroid dienone is 2. The van der Waals surface area contributed by atoms with E-state index in [9.17, 15) is 9.59 Å². The van der Waals surface area contributed by atoms with Crippen LogP contribution in [0.4, 0.5) is 0 Å². The number of hydrogen-bond donors (Lipinski definition) is 1. The quantitative estimate of drug-likeness (QED) is 0.582. The molecular formula is C25H30O6. The van der Waals surface area contributed by atoms with E-state index < -0.39 is 18.2 Å². The van der Waals surface area contributed by atoms with Crippen LogP contribution in [0, 0.1) is 0 Å². The molecule has 2 unspecified atom stereocenters. The van der Waals surface area contributed by atoms with Crippen molar-refractivity contribution in [3.8, 4) is 11.5 Å². The number of rotatable bonds is 8. The summed E-state index contributed by atoms with van der Waals surface area (Å²) in [6, 6.07) is 14.9. The number of aliphatic carboxylic acids is 1. The van der Waals surface area contributed by atoms with Gasteiger partial charge in [0.15, 0.2) is 12.2 Å². The van der Waals surface area contributed by atoms with Gasteiger partial charge in [0, 0.05) is 11.1 Å². The van der Waals surface area contributed by atoms with E-state index in [0.29, 0.717) is 11.5 Å². The van der Waals surface area contributed by atoms with Gasteiger partial charge in [-0.1, -0.05) is 60.7 Å². The van der Waals surface area contributed by atoms with Gasteiger partial charge in [-0.3, -0.25) is 0 Å². The van der Waals surface area contributed by atoms with E-state index in [1.54, 1.807) is 13.0 Å². The third kappa shape index (κ3) is 8.78. The normalized spacial score (nSPS) is 12.5. The lowest BCUT2D eigenvalue weighted by molar-refractivity contribution is -0.148. The maximum atomic E-state index is 11.2. The van der Waals surface area contributed by atoms with Crippen LogP contribution in [0.2, 0.25) is 0 Å². The molecule has 2 aromatic rings. The Morgan fingerprint density at radius 2 is 1.23 bits per heavy atom. The molecule has 0 heterocycles. The second kappa shape index (κ2) is 13.6. The molecule has 0 aromatic heterocycles. The third-order valence-corrected chi connectivity index (χ3v) is 4.02. The summed E-state index contributed by atoms with van der Waals surface area (Å²) in [5.74, 6) is -0.0791. The van der Waals surface area contributed by atoms with Crippen LogP contribution < -0.4 is 9.47 Å². The van der Waals surface area contributed by atoms with Crippen molar-refractivity contribution in [1.29, 1.82) is 0 Å². The van der Waals surface area contributed by atoms with Gasteiger partial charge in [0.2, 0.25) is 0 Å². The smallest absolute Gasteiger partial charge is 0.346 e. The van der Waals surface area contributed by atoms with Crippen LogP contribution in [-0.2, 0) is 14.3 Å². The molecule has 0 saturated carbocycles. The molecule has 2 rings (SSSR count). The number of carboxylic acids is 1. The number of ether oxygens (including phenoxy) is 3. The minimum atomic E-state index is -0.967. The van der Waals surface area contributed by atoms with Crippen LogP contribution in [0.25, 0.3) is 12.2 Å². The molecule has 0 aliphatic rings. The van der Waals surface area contributed by atoms with Crippen molar-refractivity contribution in [2.24, 2.45) is 0 Å². The van der Waals surface area contributed by atoms with E-state index in [2.05, 4.69) is 4.74 Å². The fourth-order valence-electron chi connectivity index (χ4n) is 2.46. The Morgan fingerprint density at radius 1 is 0.806 bits per heavy atom. The summed E-state index contributed by atoms with van der Waals surface area (Å²) in [6.45, 7) is 7.00. The molecule has 2 atom stereocenters. The van der Waals surface area contributed by atoms with Gasteiger partial charge in [-0.05, 0) is 39.8 Å². The zero-order valence-corrected chi connectivity index (χ0v) is 18.6. The first-order chi connectivity index (χ1) is 14.8. The van der Waals surface area contributed by atoms with Gasteiger partial charge in [0.05, 0.1) is 7.11 Å². The third-order valence-electron chi connectivity index (χ3n) is 4.02. The average molecular weight is 427 g/mol. The molecular weight excluding hydrogens is 396 g/mol. The first kappa shape index (κ1) is 25.5. The Balaban J connectivity index is 0.000000311. The molecule has 1 N–H and O–H groups in total. The first-order valence-electron chi connectivity index (χ1n) is 9.91. The highest BCUT2D eigenvalue weighted by Gasteiger charge is 2.15. The number of benzene rings is 2. The summed E-state index contributed by atoms with van der Waals surface area (Å²) in [5, 5.41) is 8.72. The van der Waals surface area contributed by atoms with Gasteiger partial charge in [-0.25, -0.2) is 9.59 Å². The van der Waals surface area contributed by atoms with Crippen molar-refractivity contribution in [3.63, 3.8) is 0 Å². The van der Waals surface area contributed by atoms with Gasteiger partial charge >= 0.3 is 11.9 Å². The second-order valence-corrected chi connectivity index (χ2v) is 6.46. The standard InChI is InChI=1S/C13H16O3.C12H14O3/c1-4-7-11-8-5-6-9-12(11)16-10(2)13(14)15-3;1-3-6-10-7-4-5-8-11(10)15-9(2)12(13)14/h4-10H,1-3H3;3-9H,1-2H3,(H,13,14). The highest BCUT2D eigenvalue weighted by molar-refractivity contribution is 5.74. The monoisotopic (exact) mass is 426 g/mol. The minimum Gasteiger partial charge on any atom is -0.479 e. The molecule has 0 bridgehead atoms. The Bertz CT molecular complexity index is 900. The molecule has 0 fully saturated rings. The zero-order chi connectivity index (χ0) is 23.2. The molecule has 0 amide bonds. The molecule has 0 spiro atoms. The highest BCUT2D eigenvalue weighted by atomic mass is 16.6. The van der Waals surface area contributed by atoms with E-state index in [1.165, 1.54) is 14.0 Å². The van der Waals surface area contributed by atoms with Gasteiger partial charge in [0.1, 0.15) is 11.5 Å². The Hall–Kier alpha value is -3.54. The summed E-state index contributed by atoms with van der Waals surface area (Å²) >= 11 is 0. The largest absolute Gasteiger partial charge is 0.479 e. The molecule has 0 saturated heterocycles. The van der Waals surface area contributed by atoms with E-state index in [0.717, 1.165) is 11.1 Å². The highest BCUT2D eigenvalue weighted by Crippen LogP contribution is 2.21. The maximum Gasteiger partial charge on any atom is 0.346 e. The van der Waals surface area contributed by atoms with Crippen molar-refractivity contribution in [3.05, 3.63) is 71.8 Å². The number of methoxy groups -OCH3 is 1. The fourth-order valence-corrected chi connectivity index (χ4v) is 2.46. The van der Waals surface area contributed by atoms with E-state index in [1.807, 2.05) is 80.6 Å². The number of esters is 1. The number of para-hydroxylation sites is 2. The van der Waals surface area contributed by atoms with E-state index >= 15 is 0 Å². The summed E-state index contributed by atoms with van der Waals surface area (Å²) in [6.07, 6.45) is 6.18. The van der Waals surface area contributed by atoms with Crippen LogP contribution >= 0.6 is 0 Å². The van der Waals surface area contributed by atoms with Gasteiger partial charge in [-0.15, -0.1) is 0 Å². The molecule has 6 heteroatoms. The lowest BCUT2D eigenvalue weighted by Gasteiger charge is -2.14. The van der Waals surface area contributed by atoms with Crippen LogP contribution in [0.5, 0.6) is 11.5 Å². The van der Waals surface area contributed by atoms with E-state index in [4.69, 9.17) is 14.6 Å². The van der Waals surface area contributed by atoms with Crippen LogP contribution in [0.1, 0.15) is 38.8 Å². The topological polar surface area (TPSA) is 82.1 Å². The van der Waals surface area contributed by atoms with Crippen molar-refractivity contribution in [1.82, 2.24) is 0 Å². The first-order valence-corrected chi connectivity index (χ1v) is 9.91. The fraction of sp³-hybridized carbons (Fsp3) is 0.280. The molecule has 0 aliphatic heterocycles. The molecule has 6 nitrogen and oxygen atoms in total. The molecule has 0 radical (unpaired) electrons. The van der Waals surface area contributed by atoms with Crippen LogP contribution in [0.15, 0.2) is 60.7 Å². The number of carbonyl (C=O) groups is 2. The van der Waals surface area contributed by atoms with Gasteiger partial charge in [0.25, 0.3) is 0 Å². The predicted molar refractivity (Wildman–Crippen MR) is 122 cm³/mol. The van der Waals surface area contributed by atoms with Crippen molar-refractivity contribution >= 4 is 24.1 Å². The second-order valence-electron chi connectivity index (χ2n) is 6.46. The summed E-state index contributed by atoms with van der Waals surface area (Å²) in [5.41, 5.74) is 1.83. The average Bonchev–Trinajstić information content (AvgIpc) is 2.76. The van der Waals surface area contributed by atoms with Gasteiger partial charge in [-0.2, -0.15) is 0 Å². The Morgan fingerprint density at radius 3 is 1.61 bits per heavy atom. The number of hydrogen-bond acceptors (Lipinski definition) is 5. The molecule has 2 aromatic carbocycles. The van der Waals surface area contributed by atoms with Gasteiger partial charge < -0.3 is 19.3 Å². The maximum absolute atomic E-state index is 11.2. The zero-order valence-electron chi connectivity index (χ0n) is 18.6. The number of carboxylic acid groups (broad SMARTS) is 1. The lowest BCUT2D eigenvalue weighted by Crippen LogP contribution is -2.25. The van der Waals surface area contributed by atoms with Crippen molar-refractivity contribution in [2.45, 2.75) is 39.9 Å². The Kier molecular flexibility index (Phi) is 11.2. The Labute approximate surface area is 183 Å². The van der Waals surface area contributed by atoms with E-state index in [-0.39, 0.29) is 5.97 Å². The minimum absolute atomic E-state index is 0.379. The predicted octanol–water partition coefficient (Wildman–Crippen LogP) is 5.23. The van der Waals surface area contributed by atoms with Crippen LogP contribution in [-0.4, -0.2) is 36.4 Å². The summed E-state index contributed by atoms with van der Waals surface area (Å²) in [4.78, 5) is 21.8. The van der Waals surface area contributed by atoms with Crippen molar-refractivity contribution in [2.75, 3.05) is 7.11 Å². The SMILES string of the molecule is CC=Cc1ccccc1OC(C)C(=O)O.CC=Cc1ccccc1OC(C)C(=O)OC. The summed E-state index contributed by atoms with van der Waals surface area (Å²) < 4.78 is 15.4. The molecule has 0 aliphatic carbocycles. The van der Waals surface area contributed by atoms with Crippen molar-refractivity contribution < 1.29 is 28.9 Å². The van der Waals surface area contributed by atoms with Crippen LogP contribution in [0.3, 0.4) is 0 Å². The summed E-state index contributed by atoms with van der Waals surface area (Å²) in [7, 11) is 1.35. The molecule has 31 heavy (non-hydrogen) atoms. The molecule has 166 valence electrons. The lowest BCUT2D eigenvalue weighted by atomic mass is 10.2. The number of carbonyl (C=O) groups excluding carboxylic acids is 1.